The fourth-order valence-electron chi connectivity index (χ4n) is 4.37. The van der Waals surface area contributed by atoms with E-state index in [1.807, 2.05) is 71.6 Å². The highest BCUT2D eigenvalue weighted by Gasteiger charge is 2.25. The van der Waals surface area contributed by atoms with Crippen molar-refractivity contribution < 1.29 is 14.6 Å². The molecule has 2 heterocycles. The van der Waals surface area contributed by atoms with Gasteiger partial charge in [-0.15, -0.1) is 0 Å². The number of amides is 1. The van der Waals surface area contributed by atoms with Crippen LogP contribution in [0.1, 0.15) is 17.3 Å². The number of hydrogen-bond donors (Lipinski definition) is 2. The maximum absolute atomic E-state index is 13.1. The predicted molar refractivity (Wildman–Crippen MR) is 137 cm³/mol. The molecule has 1 atom stereocenters. The lowest BCUT2D eigenvalue weighted by molar-refractivity contribution is 0.0601. The molecule has 4 aromatic rings. The summed E-state index contributed by atoms with van der Waals surface area (Å²) in [6.07, 6.45) is 1.84. The third-order valence-corrected chi connectivity index (χ3v) is 6.30. The smallest absolute Gasteiger partial charge is 0.253 e. The number of anilines is 1. The fraction of sp³-hybridized carbons (Fsp3) is 0.214. The minimum Gasteiger partial charge on any atom is -0.508 e. The normalized spacial score (nSPS) is 15.1. The molecule has 0 unspecified atom stereocenters. The monoisotopic (exact) mass is 468 g/mol. The lowest BCUT2D eigenvalue weighted by atomic mass is 10.1. The molecule has 178 valence electrons. The summed E-state index contributed by atoms with van der Waals surface area (Å²) in [7, 11) is 0. The van der Waals surface area contributed by atoms with E-state index >= 15 is 0 Å². The number of pyridine rings is 1. The molecule has 0 aliphatic carbocycles. The molecule has 0 radical (unpaired) electrons. The number of hydrogen-bond acceptors (Lipinski definition) is 6. The SMILES string of the molecule is C[C@H](Nc1cccc(O)c1)N1CCN(C(=O)c2ccc(Oc3cccc4cccnc34)cc2)CC1. The van der Waals surface area contributed by atoms with E-state index in [9.17, 15) is 9.90 Å². The molecule has 1 saturated heterocycles. The first kappa shape index (κ1) is 22.7. The van der Waals surface area contributed by atoms with Gasteiger partial charge in [0.2, 0.25) is 0 Å². The van der Waals surface area contributed by atoms with Crippen molar-refractivity contribution in [2.75, 3.05) is 31.5 Å². The second kappa shape index (κ2) is 10.0. The highest BCUT2D eigenvalue weighted by molar-refractivity contribution is 5.94. The third kappa shape index (κ3) is 5.20. The van der Waals surface area contributed by atoms with E-state index in [-0.39, 0.29) is 17.8 Å². The molecule has 1 aromatic heterocycles. The van der Waals surface area contributed by atoms with Crippen LogP contribution in [0.15, 0.2) is 85.1 Å². The van der Waals surface area contributed by atoms with E-state index in [1.54, 1.807) is 18.3 Å². The van der Waals surface area contributed by atoms with Gasteiger partial charge in [-0.3, -0.25) is 14.7 Å². The zero-order valence-electron chi connectivity index (χ0n) is 19.6. The van der Waals surface area contributed by atoms with E-state index < -0.39 is 0 Å². The van der Waals surface area contributed by atoms with Crippen LogP contribution in [0.4, 0.5) is 5.69 Å². The molecule has 0 saturated carbocycles. The van der Waals surface area contributed by atoms with Crippen molar-refractivity contribution in [1.29, 1.82) is 0 Å². The first-order valence-corrected chi connectivity index (χ1v) is 11.8. The number of rotatable bonds is 6. The summed E-state index contributed by atoms with van der Waals surface area (Å²) >= 11 is 0. The fourth-order valence-corrected chi connectivity index (χ4v) is 4.37. The quantitative estimate of drug-likeness (QED) is 0.417. The number of nitrogens with one attached hydrogen (secondary N) is 1. The average molecular weight is 469 g/mol. The number of aromatic hydroxyl groups is 1. The van der Waals surface area contributed by atoms with Crippen LogP contribution in [0, 0.1) is 0 Å². The summed E-state index contributed by atoms with van der Waals surface area (Å²) in [5.41, 5.74) is 2.33. The van der Waals surface area contributed by atoms with E-state index in [0.29, 0.717) is 30.2 Å². The molecule has 1 fully saturated rings. The highest BCUT2D eigenvalue weighted by atomic mass is 16.5. The van der Waals surface area contributed by atoms with E-state index in [1.165, 1.54) is 0 Å². The number of carbonyl (C=O) groups excluding carboxylic acids is 1. The molecule has 0 spiro atoms. The van der Waals surface area contributed by atoms with Crippen molar-refractivity contribution in [2.45, 2.75) is 13.1 Å². The number of carbonyl (C=O) groups is 1. The molecule has 0 bridgehead atoms. The van der Waals surface area contributed by atoms with Crippen LogP contribution in [0.25, 0.3) is 10.9 Å². The van der Waals surface area contributed by atoms with Gasteiger partial charge >= 0.3 is 0 Å². The number of benzene rings is 3. The Morgan fingerprint density at radius 3 is 2.49 bits per heavy atom. The molecular formula is C28H28N4O3. The van der Waals surface area contributed by atoms with Gasteiger partial charge in [-0.05, 0) is 55.5 Å². The first-order valence-electron chi connectivity index (χ1n) is 11.8. The number of para-hydroxylation sites is 1. The zero-order chi connectivity index (χ0) is 24.2. The van der Waals surface area contributed by atoms with Gasteiger partial charge in [-0.2, -0.15) is 0 Å². The number of aromatic nitrogens is 1. The van der Waals surface area contributed by atoms with Gasteiger partial charge in [0.1, 0.15) is 17.0 Å². The molecule has 2 N–H and O–H groups in total. The topological polar surface area (TPSA) is 77.9 Å². The molecule has 1 aliphatic heterocycles. The maximum Gasteiger partial charge on any atom is 0.253 e. The Hall–Kier alpha value is -4.10. The number of nitrogens with zero attached hydrogens (tertiary/aromatic N) is 3. The summed E-state index contributed by atoms with van der Waals surface area (Å²) in [4.78, 5) is 21.7. The van der Waals surface area contributed by atoms with Gasteiger partial charge in [0.15, 0.2) is 5.75 Å². The molecule has 1 amide bonds. The van der Waals surface area contributed by atoms with E-state index in [2.05, 4.69) is 22.1 Å². The molecule has 5 rings (SSSR count). The van der Waals surface area contributed by atoms with Gasteiger partial charge in [0.05, 0.1) is 6.17 Å². The number of ether oxygens (including phenoxy) is 1. The Balaban J connectivity index is 1.17. The van der Waals surface area contributed by atoms with Gasteiger partial charge in [0, 0.05) is 55.1 Å². The lowest BCUT2D eigenvalue weighted by Gasteiger charge is -2.38. The van der Waals surface area contributed by atoms with Gasteiger partial charge in [-0.25, -0.2) is 0 Å². The highest BCUT2D eigenvalue weighted by Crippen LogP contribution is 2.28. The molecule has 3 aromatic carbocycles. The van der Waals surface area contributed by atoms with Crippen molar-refractivity contribution in [3.8, 4) is 17.2 Å². The van der Waals surface area contributed by atoms with Gasteiger partial charge in [0.25, 0.3) is 5.91 Å². The predicted octanol–water partition coefficient (Wildman–Crippen LogP) is 4.95. The van der Waals surface area contributed by atoms with Gasteiger partial charge in [-0.1, -0.05) is 24.3 Å². The van der Waals surface area contributed by atoms with Crippen molar-refractivity contribution in [1.82, 2.24) is 14.8 Å². The minimum atomic E-state index is 0.0246. The number of fused-ring (bicyclic) bond motifs is 1. The average Bonchev–Trinajstić information content (AvgIpc) is 2.89. The van der Waals surface area contributed by atoms with Gasteiger partial charge < -0.3 is 20.1 Å². The lowest BCUT2D eigenvalue weighted by Crippen LogP contribution is -2.53. The van der Waals surface area contributed by atoms with Crippen molar-refractivity contribution in [3.63, 3.8) is 0 Å². The summed E-state index contributed by atoms with van der Waals surface area (Å²) in [5, 5.41) is 14.1. The number of piperazine rings is 1. The van der Waals surface area contributed by atoms with Crippen LogP contribution in [-0.4, -0.2) is 58.1 Å². The van der Waals surface area contributed by atoms with Crippen LogP contribution < -0.4 is 10.1 Å². The summed E-state index contributed by atoms with van der Waals surface area (Å²) in [5.74, 6) is 1.61. The van der Waals surface area contributed by atoms with E-state index in [4.69, 9.17) is 4.74 Å². The molecule has 7 heteroatoms. The van der Waals surface area contributed by atoms with Crippen LogP contribution in [0.3, 0.4) is 0 Å². The Labute approximate surface area is 204 Å². The summed E-state index contributed by atoms with van der Waals surface area (Å²) < 4.78 is 6.05. The largest absolute Gasteiger partial charge is 0.508 e. The van der Waals surface area contributed by atoms with Crippen LogP contribution in [-0.2, 0) is 0 Å². The molecular weight excluding hydrogens is 440 g/mol. The molecule has 7 nitrogen and oxygen atoms in total. The Bertz CT molecular complexity index is 1310. The van der Waals surface area contributed by atoms with E-state index in [0.717, 1.165) is 29.7 Å². The van der Waals surface area contributed by atoms with Crippen molar-refractivity contribution in [3.05, 3.63) is 90.6 Å². The molecule has 35 heavy (non-hydrogen) atoms. The zero-order valence-corrected chi connectivity index (χ0v) is 19.6. The van der Waals surface area contributed by atoms with Crippen LogP contribution in [0.5, 0.6) is 17.2 Å². The van der Waals surface area contributed by atoms with Crippen LogP contribution >= 0.6 is 0 Å². The van der Waals surface area contributed by atoms with Crippen LogP contribution in [0.2, 0.25) is 0 Å². The number of phenols is 1. The second-order valence-electron chi connectivity index (χ2n) is 8.66. The second-order valence-corrected chi connectivity index (χ2v) is 8.66. The minimum absolute atomic E-state index is 0.0246. The maximum atomic E-state index is 13.1. The number of phenolic OH excluding ortho intramolecular Hbond substituents is 1. The Kier molecular flexibility index (Phi) is 6.50. The standard InChI is InChI=1S/C28H28N4O3/c1-20(30-23-7-3-8-24(33)19-23)31-15-17-32(18-16-31)28(34)22-10-12-25(13-11-22)35-26-9-2-5-21-6-4-14-29-27(21)26/h2-14,19-20,30,33H,15-18H2,1H3/t20-/m1/s1. The Morgan fingerprint density at radius 2 is 1.71 bits per heavy atom. The third-order valence-electron chi connectivity index (χ3n) is 6.30. The van der Waals surface area contributed by atoms with Crippen molar-refractivity contribution >= 4 is 22.5 Å². The summed E-state index contributed by atoms with van der Waals surface area (Å²) in [6, 6.07) is 24.1. The van der Waals surface area contributed by atoms with Crippen molar-refractivity contribution in [2.24, 2.45) is 0 Å². The first-order chi connectivity index (χ1) is 17.1. The molecule has 1 aliphatic rings. The summed E-state index contributed by atoms with van der Waals surface area (Å²) in [6.45, 7) is 4.95. The Morgan fingerprint density at radius 1 is 0.971 bits per heavy atom.